The molecule has 0 N–H and O–H groups in total. The van der Waals surface area contributed by atoms with Crippen LogP contribution in [0.1, 0.15) is 46.5 Å². The Labute approximate surface area is 119 Å². The van der Waals surface area contributed by atoms with Gasteiger partial charge in [-0.15, -0.1) is 0 Å². The van der Waals surface area contributed by atoms with Gasteiger partial charge in [-0.25, -0.2) is 0 Å². The van der Waals surface area contributed by atoms with Crippen LogP contribution >= 0.6 is 0 Å². The van der Waals surface area contributed by atoms with Gasteiger partial charge in [0.1, 0.15) is 0 Å². The fourth-order valence-corrected chi connectivity index (χ4v) is 2.97. The van der Waals surface area contributed by atoms with Crippen molar-refractivity contribution in [2.45, 2.75) is 52.6 Å². The third-order valence-corrected chi connectivity index (χ3v) is 4.16. The predicted molar refractivity (Wildman–Crippen MR) is 78.4 cm³/mol. The quantitative estimate of drug-likeness (QED) is 0.601. The molecular weight excluding hydrogens is 240 g/mol. The number of rotatable bonds is 9. The maximum absolute atomic E-state index is 6.08. The van der Waals surface area contributed by atoms with Gasteiger partial charge in [-0.1, -0.05) is 27.2 Å². The Bertz CT molecular complexity index is 218. The second kappa shape index (κ2) is 9.73. The molecule has 0 radical (unpaired) electrons. The van der Waals surface area contributed by atoms with Gasteiger partial charge in [-0.3, -0.25) is 0 Å². The van der Waals surface area contributed by atoms with E-state index in [4.69, 9.17) is 14.2 Å². The third kappa shape index (κ3) is 6.73. The highest BCUT2D eigenvalue weighted by atomic mass is 16.5. The van der Waals surface area contributed by atoms with Crippen molar-refractivity contribution in [2.75, 3.05) is 33.5 Å². The Morgan fingerprint density at radius 1 is 1.05 bits per heavy atom. The first-order valence-corrected chi connectivity index (χ1v) is 7.83. The molecule has 114 valence electrons. The van der Waals surface area contributed by atoms with Gasteiger partial charge in [0, 0.05) is 20.3 Å². The summed E-state index contributed by atoms with van der Waals surface area (Å²) in [5, 5.41) is 0. The topological polar surface area (TPSA) is 27.7 Å². The van der Waals surface area contributed by atoms with Gasteiger partial charge in [0.15, 0.2) is 0 Å². The lowest BCUT2D eigenvalue weighted by atomic mass is 9.75. The van der Waals surface area contributed by atoms with E-state index in [-0.39, 0.29) is 0 Å². The molecule has 0 amide bonds. The molecule has 3 unspecified atom stereocenters. The zero-order valence-electron chi connectivity index (χ0n) is 13.2. The standard InChI is InChI=1S/C16H32O3/c1-13(2)15-7-6-14(3)12-16(15)19-11-10-18-9-5-8-17-4/h13-16H,5-12H2,1-4H3. The lowest BCUT2D eigenvalue weighted by Gasteiger charge is -2.37. The Kier molecular flexibility index (Phi) is 8.67. The van der Waals surface area contributed by atoms with Crippen molar-refractivity contribution in [3.8, 4) is 0 Å². The fraction of sp³-hybridized carbons (Fsp3) is 1.00. The van der Waals surface area contributed by atoms with Crippen LogP contribution in [0.2, 0.25) is 0 Å². The van der Waals surface area contributed by atoms with Crippen molar-refractivity contribution >= 4 is 0 Å². The molecule has 0 aromatic heterocycles. The van der Waals surface area contributed by atoms with E-state index in [9.17, 15) is 0 Å². The summed E-state index contributed by atoms with van der Waals surface area (Å²) in [7, 11) is 1.72. The highest BCUT2D eigenvalue weighted by Crippen LogP contribution is 2.35. The van der Waals surface area contributed by atoms with Gasteiger partial charge < -0.3 is 14.2 Å². The van der Waals surface area contributed by atoms with Crippen LogP contribution in [0.3, 0.4) is 0 Å². The Hall–Kier alpha value is -0.120. The van der Waals surface area contributed by atoms with Crippen LogP contribution in [-0.4, -0.2) is 39.6 Å². The molecule has 0 heterocycles. The van der Waals surface area contributed by atoms with E-state index in [0.29, 0.717) is 12.7 Å². The molecule has 0 saturated heterocycles. The molecule has 3 heteroatoms. The van der Waals surface area contributed by atoms with Gasteiger partial charge in [0.05, 0.1) is 19.3 Å². The van der Waals surface area contributed by atoms with Gasteiger partial charge in [-0.05, 0) is 37.0 Å². The molecule has 1 saturated carbocycles. The van der Waals surface area contributed by atoms with E-state index in [1.807, 2.05) is 0 Å². The first-order valence-electron chi connectivity index (χ1n) is 7.83. The second-order valence-corrected chi connectivity index (χ2v) is 6.19. The normalized spacial score (nSPS) is 27.9. The van der Waals surface area contributed by atoms with Crippen molar-refractivity contribution in [1.29, 1.82) is 0 Å². The maximum Gasteiger partial charge on any atom is 0.0704 e. The molecule has 1 aliphatic carbocycles. The summed E-state index contributed by atoms with van der Waals surface area (Å²) in [4.78, 5) is 0. The summed E-state index contributed by atoms with van der Waals surface area (Å²) >= 11 is 0. The average Bonchev–Trinajstić information content (AvgIpc) is 2.37. The predicted octanol–water partition coefficient (Wildman–Crippen LogP) is 3.52. The molecule has 0 aromatic rings. The monoisotopic (exact) mass is 272 g/mol. The summed E-state index contributed by atoms with van der Waals surface area (Å²) in [5.41, 5.74) is 0. The van der Waals surface area contributed by atoms with Crippen molar-refractivity contribution in [2.24, 2.45) is 17.8 Å². The third-order valence-electron chi connectivity index (χ3n) is 4.16. The first kappa shape index (κ1) is 16.9. The minimum absolute atomic E-state index is 0.436. The lowest BCUT2D eigenvalue weighted by molar-refractivity contribution is -0.0589. The largest absolute Gasteiger partial charge is 0.385 e. The highest BCUT2D eigenvalue weighted by molar-refractivity contribution is 4.81. The van der Waals surface area contributed by atoms with Gasteiger partial charge in [-0.2, -0.15) is 0 Å². The van der Waals surface area contributed by atoms with Gasteiger partial charge in [0.25, 0.3) is 0 Å². The summed E-state index contributed by atoms with van der Waals surface area (Å²) in [6.45, 7) is 9.96. The van der Waals surface area contributed by atoms with E-state index in [1.165, 1.54) is 19.3 Å². The zero-order valence-corrected chi connectivity index (χ0v) is 13.2. The summed E-state index contributed by atoms with van der Waals surface area (Å²) in [6, 6.07) is 0. The van der Waals surface area contributed by atoms with Crippen molar-refractivity contribution in [1.82, 2.24) is 0 Å². The average molecular weight is 272 g/mol. The molecule has 1 aliphatic rings. The Balaban J connectivity index is 2.14. The van der Waals surface area contributed by atoms with Crippen LogP contribution in [0.15, 0.2) is 0 Å². The van der Waals surface area contributed by atoms with Crippen LogP contribution < -0.4 is 0 Å². The van der Waals surface area contributed by atoms with E-state index in [0.717, 1.165) is 44.0 Å². The molecule has 1 rings (SSSR count). The van der Waals surface area contributed by atoms with Crippen LogP contribution in [-0.2, 0) is 14.2 Å². The zero-order chi connectivity index (χ0) is 14.1. The second-order valence-electron chi connectivity index (χ2n) is 6.19. The highest BCUT2D eigenvalue weighted by Gasteiger charge is 2.31. The number of hydrogen-bond donors (Lipinski definition) is 0. The molecule has 1 fully saturated rings. The number of hydrogen-bond acceptors (Lipinski definition) is 3. The van der Waals surface area contributed by atoms with Crippen LogP contribution in [0.25, 0.3) is 0 Å². The number of ether oxygens (including phenoxy) is 3. The minimum atomic E-state index is 0.436. The summed E-state index contributed by atoms with van der Waals surface area (Å²) < 4.78 is 16.6. The van der Waals surface area contributed by atoms with Gasteiger partial charge >= 0.3 is 0 Å². The van der Waals surface area contributed by atoms with E-state index < -0.39 is 0 Å². The number of methoxy groups -OCH3 is 1. The van der Waals surface area contributed by atoms with Gasteiger partial charge in [0.2, 0.25) is 0 Å². The van der Waals surface area contributed by atoms with Crippen molar-refractivity contribution in [3.05, 3.63) is 0 Å². The lowest BCUT2D eigenvalue weighted by Crippen LogP contribution is -2.35. The molecular formula is C16H32O3. The molecule has 0 aromatic carbocycles. The van der Waals surface area contributed by atoms with Crippen LogP contribution in [0.4, 0.5) is 0 Å². The Morgan fingerprint density at radius 2 is 1.84 bits per heavy atom. The van der Waals surface area contributed by atoms with Crippen LogP contribution in [0.5, 0.6) is 0 Å². The minimum Gasteiger partial charge on any atom is -0.385 e. The SMILES string of the molecule is COCCCOCCOC1CC(C)CCC1C(C)C. The van der Waals surface area contributed by atoms with Crippen molar-refractivity contribution < 1.29 is 14.2 Å². The fourth-order valence-electron chi connectivity index (χ4n) is 2.97. The molecule has 19 heavy (non-hydrogen) atoms. The molecule has 0 bridgehead atoms. The summed E-state index contributed by atoms with van der Waals surface area (Å²) in [5.74, 6) is 2.26. The molecule has 3 atom stereocenters. The van der Waals surface area contributed by atoms with Crippen molar-refractivity contribution in [3.63, 3.8) is 0 Å². The summed E-state index contributed by atoms with van der Waals surface area (Å²) in [6.07, 6.45) is 5.29. The maximum atomic E-state index is 6.08. The molecule has 0 spiro atoms. The van der Waals surface area contributed by atoms with Crippen LogP contribution in [0, 0.1) is 17.8 Å². The molecule has 3 nitrogen and oxygen atoms in total. The molecule has 0 aliphatic heterocycles. The van der Waals surface area contributed by atoms with E-state index in [2.05, 4.69) is 20.8 Å². The van der Waals surface area contributed by atoms with E-state index in [1.54, 1.807) is 7.11 Å². The van der Waals surface area contributed by atoms with E-state index >= 15 is 0 Å². The first-order chi connectivity index (χ1) is 9.15. The Morgan fingerprint density at radius 3 is 2.53 bits per heavy atom. The smallest absolute Gasteiger partial charge is 0.0704 e.